The number of nitrogens with zero attached hydrogens (tertiary/aromatic N) is 4. The molecule has 5 rings (SSSR count). The van der Waals surface area contributed by atoms with Gasteiger partial charge in [-0.05, 0) is 105 Å². The van der Waals surface area contributed by atoms with Crippen molar-refractivity contribution in [3.63, 3.8) is 0 Å². The summed E-state index contributed by atoms with van der Waals surface area (Å²) in [7, 11) is -6.09. The molecule has 5 amide bonds. The van der Waals surface area contributed by atoms with Gasteiger partial charge in [0.15, 0.2) is 16.7 Å². The van der Waals surface area contributed by atoms with Crippen molar-refractivity contribution in [2.45, 2.75) is 110 Å². The van der Waals surface area contributed by atoms with Gasteiger partial charge < -0.3 is 39.0 Å². The third kappa shape index (κ3) is 16.2. The lowest BCUT2D eigenvalue weighted by Gasteiger charge is -2.38. The number of benzene rings is 2. The second-order valence-corrected chi connectivity index (χ2v) is 19.7. The highest BCUT2D eigenvalue weighted by Crippen LogP contribution is 2.26. The number of halogens is 3. The van der Waals surface area contributed by atoms with E-state index in [-0.39, 0.29) is 28.9 Å². The third-order valence-corrected chi connectivity index (χ3v) is 9.48. The molecular formula is C43H55F3N6O14S. The minimum atomic E-state index is -6.09. The van der Waals surface area contributed by atoms with Crippen molar-refractivity contribution in [3.05, 3.63) is 77.6 Å². The normalized spacial score (nSPS) is 14.8. The maximum atomic E-state index is 13.4. The Bertz CT molecular complexity index is 2360. The van der Waals surface area contributed by atoms with Crippen LogP contribution in [0.4, 0.5) is 28.4 Å². The summed E-state index contributed by atoms with van der Waals surface area (Å²) in [5, 5.41) is 6.24. The fourth-order valence-electron chi connectivity index (χ4n) is 6.07. The number of hydrogen-bond donors (Lipinski definition) is 2. The van der Waals surface area contributed by atoms with E-state index in [0.717, 1.165) is 0 Å². The largest absolute Gasteiger partial charge is 0.741 e. The molecule has 0 aliphatic carbocycles. The number of alkyl carbamates (subject to hydrolysis) is 1. The molecule has 0 spiro atoms. The second-order valence-electron chi connectivity index (χ2n) is 18.3. The molecule has 1 aromatic heterocycles. The number of carbonyl (C=O) groups is 6. The summed E-state index contributed by atoms with van der Waals surface area (Å²) < 4.78 is 85.0. The fraction of sp³-hybridized carbons (Fsp3) is 0.512. The van der Waals surface area contributed by atoms with E-state index in [1.165, 1.54) is 12.1 Å². The van der Waals surface area contributed by atoms with Crippen LogP contribution in [-0.2, 0) is 47.1 Å². The van der Waals surface area contributed by atoms with Crippen LogP contribution in [0.15, 0.2) is 60.9 Å². The minimum absolute atomic E-state index is 0.152. The number of fused-ring (bicyclic) bond motifs is 1. The zero-order valence-corrected chi connectivity index (χ0v) is 39.2. The lowest BCUT2D eigenvalue weighted by molar-refractivity contribution is -0.781. The van der Waals surface area contributed by atoms with E-state index >= 15 is 0 Å². The number of alkyl halides is 3. The van der Waals surface area contributed by atoms with Crippen molar-refractivity contribution in [1.29, 1.82) is 0 Å². The molecule has 2 aliphatic rings. The van der Waals surface area contributed by atoms with Crippen molar-refractivity contribution in [3.8, 4) is 5.75 Å². The van der Waals surface area contributed by atoms with Crippen molar-refractivity contribution in [2.75, 3.05) is 31.6 Å². The molecule has 368 valence electrons. The first kappa shape index (κ1) is 53.3. The van der Waals surface area contributed by atoms with Crippen LogP contribution in [0.25, 0.3) is 0 Å². The van der Waals surface area contributed by atoms with Gasteiger partial charge in [0, 0.05) is 25.2 Å². The van der Waals surface area contributed by atoms with E-state index in [2.05, 4.69) is 10.6 Å². The van der Waals surface area contributed by atoms with Crippen LogP contribution in [0, 0.1) is 5.92 Å². The summed E-state index contributed by atoms with van der Waals surface area (Å²) in [6.45, 7) is 18.0. The smallest absolute Gasteiger partial charge is 0.485 e. The Morgan fingerprint density at radius 2 is 1.37 bits per heavy atom. The number of nitrogens with one attached hydrogen (secondary N) is 2. The number of carbonyl (C=O) groups excluding carboxylic acids is 6. The average molecular weight is 969 g/mol. The fourth-order valence-corrected chi connectivity index (χ4v) is 6.07. The van der Waals surface area contributed by atoms with E-state index in [1.807, 2.05) is 36.3 Å². The van der Waals surface area contributed by atoms with Gasteiger partial charge in [0.2, 0.25) is 12.3 Å². The van der Waals surface area contributed by atoms with E-state index in [0.29, 0.717) is 55.5 Å². The molecule has 67 heavy (non-hydrogen) atoms. The first-order valence-electron chi connectivity index (χ1n) is 20.8. The van der Waals surface area contributed by atoms with Crippen molar-refractivity contribution >= 4 is 51.7 Å². The van der Waals surface area contributed by atoms with Gasteiger partial charge in [0.05, 0.1) is 29.8 Å². The Hall–Kier alpha value is -6.27. The number of aromatic nitrogens is 2. The monoisotopic (exact) mass is 968 g/mol. The highest BCUT2D eigenvalue weighted by molar-refractivity contribution is 7.86. The molecule has 20 nitrogen and oxygen atoms in total. The van der Waals surface area contributed by atoms with Crippen LogP contribution in [0.5, 0.6) is 5.75 Å². The maximum absolute atomic E-state index is 13.4. The molecular weight excluding hydrogens is 914 g/mol. The quantitative estimate of drug-likeness (QED) is 0.0403. The van der Waals surface area contributed by atoms with Crippen LogP contribution < -0.4 is 20.1 Å². The molecule has 1 saturated heterocycles. The van der Waals surface area contributed by atoms with Gasteiger partial charge >= 0.3 is 23.7 Å². The number of esters is 1. The van der Waals surface area contributed by atoms with Gasteiger partial charge in [-0.25, -0.2) is 27.6 Å². The van der Waals surface area contributed by atoms with Crippen LogP contribution in [0.3, 0.4) is 0 Å². The number of anilines is 1. The molecule has 0 bridgehead atoms. The average Bonchev–Trinajstić information content (AvgIpc) is 3.65. The molecule has 24 heteroatoms. The topological polar surface area (TPSA) is 245 Å². The third-order valence-electron chi connectivity index (χ3n) is 8.91. The van der Waals surface area contributed by atoms with Crippen LogP contribution in [0.2, 0.25) is 0 Å². The molecule has 3 aromatic rings. The number of aryl methyl sites for hydroxylation is 1. The van der Waals surface area contributed by atoms with Gasteiger partial charge in [-0.2, -0.15) is 17.9 Å². The number of imide groups is 1. The highest BCUT2D eigenvalue weighted by Gasteiger charge is 2.41. The van der Waals surface area contributed by atoms with Crippen molar-refractivity contribution in [2.24, 2.45) is 5.92 Å². The Balaban J connectivity index is 0.00000112. The number of hydrogen-bond acceptors (Lipinski definition) is 14. The molecule has 0 radical (unpaired) electrons. The predicted molar refractivity (Wildman–Crippen MR) is 228 cm³/mol. The maximum Gasteiger partial charge on any atom is 0.485 e. The summed E-state index contributed by atoms with van der Waals surface area (Å²) in [6, 6.07) is 12.4. The summed E-state index contributed by atoms with van der Waals surface area (Å²) in [5.74, 6) is -2.22. The summed E-state index contributed by atoms with van der Waals surface area (Å²) >= 11 is 0. The highest BCUT2D eigenvalue weighted by atomic mass is 32.2. The lowest BCUT2D eigenvalue weighted by atomic mass is 10.0. The Morgan fingerprint density at radius 1 is 0.836 bits per heavy atom. The first-order chi connectivity index (χ1) is 30.8. The Labute approximate surface area is 385 Å². The van der Waals surface area contributed by atoms with Gasteiger partial charge in [-0.1, -0.05) is 12.1 Å². The van der Waals surface area contributed by atoms with E-state index in [1.54, 1.807) is 89.0 Å². The minimum Gasteiger partial charge on any atom is -0.741 e. The van der Waals surface area contributed by atoms with Gasteiger partial charge in [-0.3, -0.25) is 14.4 Å². The number of rotatable bonds is 14. The SMILES string of the molecule is CC(C)(C)OC(=O)NCCCn1cc(NC(=O)c2ccc(OCC(ON3C(=O)c4ccccc4C3=O)C(=O)OC(C)(C)C)cc2)c[n+]1CC1CN(C(=O)OC(C)(C)C)C1.O=S(=O)([O-])C(F)(F)F. The van der Waals surface area contributed by atoms with E-state index in [9.17, 15) is 41.9 Å². The first-order valence-corrected chi connectivity index (χ1v) is 22.2. The lowest BCUT2D eigenvalue weighted by Crippen LogP contribution is -2.58. The molecule has 3 heterocycles. The standard InChI is InChI=1S/C42H54N6O11.CHF3O3S/c1-40(2,3)56-37(52)33(59-48-35(50)31-13-10-11-14-32(31)36(48)51)26-55-30-17-15-28(16-18-30)34(49)44-29-24-46(20-12-19-43-38(53)57-41(4,5)6)47(25-29)23-27-21-45(22-27)39(54)58-42(7,8)9;2-1(3,4)8(5,6)7/h10-11,13-18,24-25,27,33H,12,19-23,26H2,1-9H3,(H-,43,44,49,53);(H,5,6,7). The molecule has 1 fully saturated rings. The second kappa shape index (κ2) is 21.1. The summed E-state index contributed by atoms with van der Waals surface area (Å²) in [4.78, 5) is 84.4. The van der Waals surface area contributed by atoms with Gasteiger partial charge in [0.25, 0.3) is 17.7 Å². The van der Waals surface area contributed by atoms with Crippen molar-refractivity contribution in [1.82, 2.24) is 20.0 Å². The molecule has 2 N–H and O–H groups in total. The van der Waals surface area contributed by atoms with E-state index < -0.39 is 74.9 Å². The van der Waals surface area contributed by atoms with Crippen LogP contribution in [-0.4, -0.2) is 118 Å². The van der Waals surface area contributed by atoms with Crippen LogP contribution >= 0.6 is 0 Å². The molecule has 0 saturated carbocycles. The Kier molecular flexibility index (Phi) is 16.8. The molecule has 1 unspecified atom stereocenters. The molecule has 1 atom stereocenters. The predicted octanol–water partition coefficient (Wildman–Crippen LogP) is 5.18. The Morgan fingerprint density at radius 3 is 1.88 bits per heavy atom. The van der Waals surface area contributed by atoms with Gasteiger partial charge in [-0.15, -0.1) is 9.75 Å². The molecule has 2 aromatic carbocycles. The zero-order chi connectivity index (χ0) is 50.3. The van der Waals surface area contributed by atoms with Gasteiger partial charge in [0.1, 0.15) is 34.8 Å². The summed E-state index contributed by atoms with van der Waals surface area (Å²) in [6.07, 6.45) is 1.86. The molecule has 2 aliphatic heterocycles. The summed E-state index contributed by atoms with van der Waals surface area (Å²) in [5.41, 5.74) is -6.59. The number of ether oxygens (including phenoxy) is 4. The van der Waals surface area contributed by atoms with Crippen molar-refractivity contribution < 1.29 is 83.4 Å². The number of hydroxylamine groups is 2. The van der Waals surface area contributed by atoms with E-state index in [4.69, 9.17) is 36.8 Å². The number of amides is 5. The van der Waals surface area contributed by atoms with Crippen LogP contribution in [0.1, 0.15) is 99.8 Å². The zero-order valence-electron chi connectivity index (χ0n) is 38.4. The number of likely N-dealkylation sites (tertiary alicyclic amines) is 1.